The number of ether oxygens (including phenoxy) is 2. The zero-order chi connectivity index (χ0) is 32.0. The first kappa shape index (κ1) is 31.3. The molecule has 1 aliphatic rings. The summed E-state index contributed by atoms with van der Waals surface area (Å²) in [5, 5.41) is 9.49. The van der Waals surface area contributed by atoms with E-state index in [4.69, 9.17) is 14.0 Å². The van der Waals surface area contributed by atoms with Crippen molar-refractivity contribution in [3.63, 3.8) is 0 Å². The van der Waals surface area contributed by atoms with Crippen molar-refractivity contribution < 1.29 is 28.4 Å². The fourth-order valence-corrected chi connectivity index (χ4v) is 5.31. The lowest BCUT2D eigenvalue weighted by Gasteiger charge is -2.22. The fraction of sp³-hybridized carbons (Fsp3) is 0.278. The number of carbonyl (C=O) groups is 3. The summed E-state index contributed by atoms with van der Waals surface area (Å²) in [7, 11) is 0. The second kappa shape index (κ2) is 13.6. The third-order valence-corrected chi connectivity index (χ3v) is 7.37. The van der Waals surface area contributed by atoms with Crippen LogP contribution in [0.3, 0.4) is 0 Å². The van der Waals surface area contributed by atoms with Gasteiger partial charge in [-0.05, 0) is 68.0 Å². The van der Waals surface area contributed by atoms with Crippen molar-refractivity contribution in [2.45, 2.75) is 58.1 Å². The molecule has 1 aromatic heterocycles. The van der Waals surface area contributed by atoms with Gasteiger partial charge in [0.05, 0.1) is 0 Å². The van der Waals surface area contributed by atoms with Gasteiger partial charge in [0.25, 0.3) is 0 Å². The quantitative estimate of drug-likeness (QED) is 0.184. The number of rotatable bonds is 10. The molecule has 0 spiro atoms. The molecule has 3 aromatic carbocycles. The standard InChI is InChI=1S/C36H37N3O6/c1-23-33(31(45-39-23)20-18-24-12-6-5-7-13-24)38-34(41)30(19-21-32(40)44-36(2,3)4)37-35(42)43-22-29-27-16-10-8-14-25(27)26-15-9-11-17-28(26)29/h5-18,20,29-30H,19,21-22H2,1-4H3,(H,37,42)(H,38,41)/b20-18+/t30-/m1/s1. The van der Waals surface area contributed by atoms with E-state index in [0.29, 0.717) is 17.1 Å². The number of esters is 1. The van der Waals surface area contributed by atoms with E-state index in [2.05, 4.69) is 27.9 Å². The molecule has 45 heavy (non-hydrogen) atoms. The topological polar surface area (TPSA) is 120 Å². The molecule has 0 saturated heterocycles. The minimum atomic E-state index is -1.10. The Kier molecular flexibility index (Phi) is 9.47. The lowest BCUT2D eigenvalue weighted by atomic mass is 9.98. The van der Waals surface area contributed by atoms with Gasteiger partial charge >= 0.3 is 12.1 Å². The molecule has 4 aromatic rings. The Morgan fingerprint density at radius 2 is 1.53 bits per heavy atom. The maximum atomic E-state index is 13.6. The van der Waals surface area contributed by atoms with Gasteiger partial charge in [-0.2, -0.15) is 0 Å². The van der Waals surface area contributed by atoms with Crippen LogP contribution in [-0.2, 0) is 19.1 Å². The lowest BCUT2D eigenvalue weighted by Crippen LogP contribution is -2.44. The predicted molar refractivity (Wildman–Crippen MR) is 172 cm³/mol. The molecule has 0 unspecified atom stereocenters. The van der Waals surface area contributed by atoms with Gasteiger partial charge in [0, 0.05) is 12.3 Å². The molecule has 2 N–H and O–H groups in total. The van der Waals surface area contributed by atoms with Crippen LogP contribution in [-0.4, -0.2) is 41.4 Å². The van der Waals surface area contributed by atoms with Crippen LogP contribution in [0.4, 0.5) is 10.5 Å². The highest BCUT2D eigenvalue weighted by Gasteiger charge is 2.30. The molecule has 1 heterocycles. The van der Waals surface area contributed by atoms with Crippen LogP contribution >= 0.6 is 0 Å². The van der Waals surface area contributed by atoms with Crippen LogP contribution in [0.25, 0.3) is 23.3 Å². The molecule has 0 radical (unpaired) electrons. The van der Waals surface area contributed by atoms with Gasteiger partial charge in [0.1, 0.15) is 29.6 Å². The van der Waals surface area contributed by atoms with Crippen LogP contribution in [0.1, 0.15) is 67.7 Å². The summed E-state index contributed by atoms with van der Waals surface area (Å²) in [4.78, 5) is 39.2. The number of nitrogens with one attached hydrogen (secondary N) is 2. The monoisotopic (exact) mass is 607 g/mol. The maximum absolute atomic E-state index is 13.6. The van der Waals surface area contributed by atoms with Gasteiger partial charge in [-0.3, -0.25) is 9.59 Å². The first-order valence-electron chi connectivity index (χ1n) is 14.9. The fourth-order valence-electron chi connectivity index (χ4n) is 5.31. The first-order valence-corrected chi connectivity index (χ1v) is 14.9. The van der Waals surface area contributed by atoms with Gasteiger partial charge in [-0.15, -0.1) is 0 Å². The SMILES string of the molecule is Cc1noc(/C=C/c2ccccc2)c1NC(=O)[C@@H](CCC(=O)OC(C)(C)C)NC(=O)OCC1c2ccccc2-c2ccccc21. The van der Waals surface area contributed by atoms with Crippen LogP contribution in [0.2, 0.25) is 0 Å². The van der Waals surface area contributed by atoms with Crippen molar-refractivity contribution in [3.8, 4) is 11.1 Å². The molecule has 0 fully saturated rings. The van der Waals surface area contributed by atoms with Gasteiger partial charge in [0.2, 0.25) is 5.91 Å². The Labute approximate surface area is 262 Å². The normalized spacial score (nSPS) is 13.2. The van der Waals surface area contributed by atoms with E-state index in [1.807, 2.05) is 72.8 Å². The minimum Gasteiger partial charge on any atom is -0.460 e. The van der Waals surface area contributed by atoms with Crippen LogP contribution < -0.4 is 10.6 Å². The number of carbonyl (C=O) groups excluding carboxylic acids is 3. The summed E-state index contributed by atoms with van der Waals surface area (Å²) in [6.45, 7) is 7.09. The summed E-state index contributed by atoms with van der Waals surface area (Å²) in [5.74, 6) is -0.831. The van der Waals surface area contributed by atoms with Gasteiger partial charge in [0.15, 0.2) is 5.76 Å². The number of alkyl carbamates (subject to hydrolysis) is 1. The molecule has 5 rings (SSSR count). The molecule has 1 atom stereocenters. The molecule has 2 amide bonds. The summed E-state index contributed by atoms with van der Waals surface area (Å²) >= 11 is 0. The van der Waals surface area contributed by atoms with Crippen molar-refractivity contribution in [3.05, 3.63) is 107 Å². The highest BCUT2D eigenvalue weighted by molar-refractivity contribution is 5.98. The van der Waals surface area contributed by atoms with E-state index in [9.17, 15) is 14.4 Å². The number of amides is 2. The molecule has 1 aliphatic carbocycles. The number of benzene rings is 3. The Hall–Kier alpha value is -5.18. The molecule has 0 aliphatic heterocycles. The first-order chi connectivity index (χ1) is 21.6. The Morgan fingerprint density at radius 3 is 2.18 bits per heavy atom. The van der Waals surface area contributed by atoms with E-state index in [1.54, 1.807) is 33.8 Å². The molecule has 0 saturated carbocycles. The van der Waals surface area contributed by atoms with E-state index in [-0.39, 0.29) is 25.4 Å². The van der Waals surface area contributed by atoms with Gasteiger partial charge < -0.3 is 24.6 Å². The molecule has 9 nitrogen and oxygen atoms in total. The van der Waals surface area contributed by atoms with Crippen molar-refractivity contribution in [2.75, 3.05) is 11.9 Å². The highest BCUT2D eigenvalue weighted by atomic mass is 16.6. The molecule has 0 bridgehead atoms. The largest absolute Gasteiger partial charge is 0.460 e. The lowest BCUT2D eigenvalue weighted by molar-refractivity contribution is -0.155. The van der Waals surface area contributed by atoms with Crippen molar-refractivity contribution >= 4 is 35.8 Å². The second-order valence-corrected chi connectivity index (χ2v) is 11.9. The van der Waals surface area contributed by atoms with Crippen molar-refractivity contribution in [1.29, 1.82) is 0 Å². The van der Waals surface area contributed by atoms with Gasteiger partial charge in [-0.1, -0.05) is 90.1 Å². The number of aryl methyl sites for hydroxylation is 1. The summed E-state index contributed by atoms with van der Waals surface area (Å²) < 4.78 is 16.6. The zero-order valence-corrected chi connectivity index (χ0v) is 25.8. The second-order valence-electron chi connectivity index (χ2n) is 11.9. The predicted octanol–water partition coefficient (Wildman–Crippen LogP) is 7.12. The van der Waals surface area contributed by atoms with Gasteiger partial charge in [-0.25, -0.2) is 4.79 Å². The Balaban J connectivity index is 1.29. The molecule has 232 valence electrons. The smallest absolute Gasteiger partial charge is 0.407 e. The Morgan fingerprint density at radius 1 is 0.911 bits per heavy atom. The van der Waals surface area contributed by atoms with Crippen LogP contribution in [0.15, 0.2) is 83.4 Å². The summed E-state index contributed by atoms with van der Waals surface area (Å²) in [6, 6.07) is 24.6. The van der Waals surface area contributed by atoms with E-state index in [1.165, 1.54) is 0 Å². The number of aromatic nitrogens is 1. The molecule has 9 heteroatoms. The molecular weight excluding hydrogens is 570 g/mol. The van der Waals surface area contributed by atoms with Crippen LogP contribution in [0, 0.1) is 6.92 Å². The number of anilines is 1. The van der Waals surface area contributed by atoms with E-state index in [0.717, 1.165) is 27.8 Å². The van der Waals surface area contributed by atoms with Crippen molar-refractivity contribution in [1.82, 2.24) is 10.5 Å². The minimum absolute atomic E-state index is 0.00947. The Bertz CT molecular complexity index is 1660. The van der Waals surface area contributed by atoms with Crippen LogP contribution in [0.5, 0.6) is 0 Å². The third kappa shape index (κ3) is 7.86. The van der Waals surface area contributed by atoms with E-state index >= 15 is 0 Å². The highest BCUT2D eigenvalue weighted by Crippen LogP contribution is 2.44. The average molecular weight is 608 g/mol. The number of fused-ring (bicyclic) bond motifs is 3. The number of hydrogen-bond donors (Lipinski definition) is 2. The number of nitrogens with zero attached hydrogens (tertiary/aromatic N) is 1. The van der Waals surface area contributed by atoms with E-state index < -0.39 is 29.6 Å². The third-order valence-electron chi connectivity index (χ3n) is 7.37. The summed E-state index contributed by atoms with van der Waals surface area (Å²) in [5.41, 5.74) is 5.45. The van der Waals surface area contributed by atoms with Crippen molar-refractivity contribution in [2.24, 2.45) is 0 Å². The maximum Gasteiger partial charge on any atom is 0.407 e. The zero-order valence-electron chi connectivity index (χ0n) is 25.8. The number of hydrogen-bond acceptors (Lipinski definition) is 7. The summed E-state index contributed by atoms with van der Waals surface area (Å²) in [6.07, 6.45) is 2.67. The average Bonchev–Trinajstić information content (AvgIpc) is 3.53. The molecular formula is C36H37N3O6.